The third-order valence-electron chi connectivity index (χ3n) is 5.72. The Balaban J connectivity index is 1.87. The van der Waals surface area contributed by atoms with Crippen molar-refractivity contribution in [3.8, 4) is 11.5 Å². The van der Waals surface area contributed by atoms with Crippen LogP contribution >= 0.6 is 0 Å². The standard InChI is InChI=1S/C25H21N3O7/c1-34-19-10-7-17(12-20(19)35-2)23(29)21-22(16-5-8-18(9-6-16)28(32)33)27(25(31)24(21)30)14-15-4-3-11-26-13-15/h3-13,22,29H,14H2,1-2H3. The molecule has 0 bridgehead atoms. The molecule has 2 heterocycles. The van der Waals surface area contributed by atoms with Gasteiger partial charge < -0.3 is 19.5 Å². The topological polar surface area (TPSA) is 136 Å². The van der Waals surface area contributed by atoms with E-state index >= 15 is 0 Å². The minimum absolute atomic E-state index is 0.0479. The highest BCUT2D eigenvalue weighted by atomic mass is 16.6. The highest BCUT2D eigenvalue weighted by Gasteiger charge is 2.44. The van der Waals surface area contributed by atoms with Crippen molar-refractivity contribution < 1.29 is 34.1 Å². The molecular formula is C25H21N3O7. The number of amides is 1. The molecule has 1 aromatic heterocycles. The second kappa shape index (κ2) is 9.64. The van der Waals surface area contributed by atoms with Crippen LogP contribution < -0.4 is 19.6 Å². The fourth-order valence-corrected chi connectivity index (χ4v) is 4.02. The van der Waals surface area contributed by atoms with Gasteiger partial charge in [0.2, 0.25) is 5.78 Å². The molecule has 1 amide bonds. The van der Waals surface area contributed by atoms with E-state index in [0.717, 1.165) is 0 Å². The molecule has 1 N–H and O–H groups in total. The number of carbonyl (C=O) groups is 2. The van der Waals surface area contributed by atoms with E-state index in [1.165, 1.54) is 61.6 Å². The summed E-state index contributed by atoms with van der Waals surface area (Å²) in [5.41, 5.74) is 0.858. The van der Waals surface area contributed by atoms with E-state index < -0.39 is 28.4 Å². The number of carbonyl (C=O) groups excluding carboxylic acids is 2. The van der Waals surface area contributed by atoms with Gasteiger partial charge in [-0.15, -0.1) is 0 Å². The molecule has 1 atom stereocenters. The van der Waals surface area contributed by atoms with Crippen LogP contribution in [0.2, 0.25) is 0 Å². The van der Waals surface area contributed by atoms with Gasteiger partial charge in [-0.1, -0.05) is 11.8 Å². The Morgan fingerprint density at radius 3 is 2.37 bits per heavy atom. The molecule has 178 valence electrons. The third-order valence-corrected chi connectivity index (χ3v) is 5.72. The molecule has 0 saturated carbocycles. The number of aromatic nitrogens is 1. The maximum atomic E-state index is 13.6. The third kappa shape index (κ3) is 4.41. The van der Waals surface area contributed by atoms with Crippen LogP contribution in [0.15, 0.2) is 72.6 Å². The summed E-state index contributed by atoms with van der Waals surface area (Å²) in [5.74, 6) is -1.71. The first-order valence-electron chi connectivity index (χ1n) is 10.5. The van der Waals surface area contributed by atoms with E-state index in [1.807, 2.05) is 0 Å². The quantitative estimate of drug-likeness (QED) is 0.167. The normalized spacial score (nSPS) is 16.9. The molecule has 1 unspecified atom stereocenters. The van der Waals surface area contributed by atoms with Gasteiger partial charge in [0, 0.05) is 29.3 Å². The number of pyridine rings is 1. The van der Waals surface area contributed by atoms with Gasteiger partial charge in [0.25, 0.3) is 11.6 Å². The van der Waals surface area contributed by atoms with Crippen molar-refractivity contribution >= 4 is 23.1 Å². The van der Waals surface area contributed by atoms with Gasteiger partial charge in [-0.3, -0.25) is 19.7 Å². The van der Waals surface area contributed by atoms with Crippen LogP contribution in [-0.4, -0.2) is 35.7 Å². The molecule has 35 heavy (non-hydrogen) atoms. The Kier molecular flexibility index (Phi) is 6.45. The number of ether oxygens (including phenoxy) is 2. The highest BCUT2D eigenvalue weighted by molar-refractivity contribution is 6.46. The number of rotatable bonds is 7. The number of nitrogens with one attached hydrogen (secondary N) is 1. The lowest BCUT2D eigenvalue weighted by atomic mass is 9.95. The van der Waals surface area contributed by atoms with E-state index in [0.29, 0.717) is 22.6 Å². The van der Waals surface area contributed by atoms with Crippen molar-refractivity contribution in [2.75, 3.05) is 14.2 Å². The molecular weight excluding hydrogens is 454 g/mol. The van der Waals surface area contributed by atoms with Crippen molar-refractivity contribution in [2.45, 2.75) is 12.6 Å². The average molecular weight is 475 g/mol. The van der Waals surface area contributed by atoms with Gasteiger partial charge in [-0.05, 0) is 41.5 Å². The number of methoxy groups -OCH3 is 2. The molecule has 1 aliphatic rings. The van der Waals surface area contributed by atoms with E-state index in [9.17, 15) is 24.8 Å². The minimum atomic E-state index is -1.03. The SMILES string of the molecule is COc1ccc(C([O-])=C2C(=O)C(=O)N(Cc3ccc[nH+]c3)C2c2ccc([N+](=O)[O-])cc2)cc1OC. The summed E-state index contributed by atoms with van der Waals surface area (Å²) in [5, 5.41) is 24.7. The lowest BCUT2D eigenvalue weighted by Gasteiger charge is -2.27. The van der Waals surface area contributed by atoms with Crippen LogP contribution in [0.25, 0.3) is 5.76 Å². The highest BCUT2D eigenvalue weighted by Crippen LogP contribution is 2.41. The number of nitro benzene ring substituents is 1. The van der Waals surface area contributed by atoms with Crippen molar-refractivity contribution in [3.05, 3.63) is 99.4 Å². The van der Waals surface area contributed by atoms with Crippen LogP contribution in [0.4, 0.5) is 5.69 Å². The molecule has 0 radical (unpaired) electrons. The van der Waals surface area contributed by atoms with Crippen LogP contribution in [-0.2, 0) is 16.1 Å². The number of hydrogen-bond acceptors (Lipinski definition) is 7. The molecule has 1 saturated heterocycles. The monoisotopic (exact) mass is 475 g/mol. The molecule has 1 fully saturated rings. The van der Waals surface area contributed by atoms with Crippen LogP contribution in [0.1, 0.15) is 22.7 Å². The zero-order valence-corrected chi connectivity index (χ0v) is 18.9. The maximum Gasteiger partial charge on any atom is 0.295 e. The first-order valence-corrected chi connectivity index (χ1v) is 10.5. The molecule has 4 rings (SSSR count). The average Bonchev–Trinajstić information content (AvgIpc) is 3.13. The number of benzene rings is 2. The second-order valence-electron chi connectivity index (χ2n) is 7.74. The van der Waals surface area contributed by atoms with Crippen molar-refractivity contribution in [1.82, 2.24) is 4.90 Å². The minimum Gasteiger partial charge on any atom is -0.872 e. The zero-order valence-electron chi connectivity index (χ0n) is 18.9. The summed E-state index contributed by atoms with van der Waals surface area (Å²) in [6.07, 6.45) is 3.38. The molecule has 3 aromatic rings. The zero-order chi connectivity index (χ0) is 25.1. The fraction of sp³-hybridized carbons (Fsp3) is 0.160. The summed E-state index contributed by atoms with van der Waals surface area (Å²) in [6, 6.07) is 12.4. The van der Waals surface area contributed by atoms with Crippen molar-refractivity contribution in [3.63, 3.8) is 0 Å². The summed E-state index contributed by atoms with van der Waals surface area (Å²) in [6.45, 7) is 0.0479. The van der Waals surface area contributed by atoms with Gasteiger partial charge in [0.1, 0.15) is 0 Å². The van der Waals surface area contributed by atoms with Gasteiger partial charge in [-0.25, -0.2) is 4.98 Å². The van der Waals surface area contributed by atoms with E-state index in [1.54, 1.807) is 24.5 Å². The van der Waals surface area contributed by atoms with Crippen LogP contribution in [0.3, 0.4) is 0 Å². The predicted molar refractivity (Wildman–Crippen MR) is 121 cm³/mol. The number of H-pyrrole nitrogens is 1. The number of non-ortho nitro benzene ring substituents is 1. The van der Waals surface area contributed by atoms with Crippen LogP contribution in [0, 0.1) is 10.1 Å². The Bertz CT molecular complexity index is 1320. The van der Waals surface area contributed by atoms with Gasteiger partial charge >= 0.3 is 0 Å². The summed E-state index contributed by atoms with van der Waals surface area (Å²) in [7, 11) is 2.87. The number of likely N-dealkylation sites (tertiary alicyclic amines) is 1. The van der Waals surface area contributed by atoms with Crippen LogP contribution in [0.5, 0.6) is 11.5 Å². The van der Waals surface area contributed by atoms with E-state index in [2.05, 4.69) is 4.98 Å². The molecule has 1 aliphatic heterocycles. The summed E-state index contributed by atoms with van der Waals surface area (Å²) >= 11 is 0. The Labute approximate surface area is 200 Å². The lowest BCUT2D eigenvalue weighted by molar-refractivity contribution is -0.384. The summed E-state index contributed by atoms with van der Waals surface area (Å²) < 4.78 is 10.5. The van der Waals surface area contributed by atoms with E-state index in [4.69, 9.17) is 9.47 Å². The van der Waals surface area contributed by atoms with Crippen molar-refractivity contribution in [1.29, 1.82) is 0 Å². The van der Waals surface area contributed by atoms with Gasteiger partial charge in [0.05, 0.1) is 31.7 Å². The fourth-order valence-electron chi connectivity index (χ4n) is 4.02. The first kappa shape index (κ1) is 23.4. The number of hydrogen-bond donors (Lipinski definition) is 0. The molecule has 10 heteroatoms. The second-order valence-corrected chi connectivity index (χ2v) is 7.74. The Morgan fingerprint density at radius 1 is 1.06 bits per heavy atom. The Morgan fingerprint density at radius 2 is 1.77 bits per heavy atom. The van der Waals surface area contributed by atoms with E-state index in [-0.39, 0.29) is 23.4 Å². The summed E-state index contributed by atoms with van der Waals surface area (Å²) in [4.78, 5) is 41.0. The van der Waals surface area contributed by atoms with Crippen molar-refractivity contribution in [2.24, 2.45) is 0 Å². The first-order chi connectivity index (χ1) is 16.8. The Hall–Kier alpha value is -4.73. The lowest BCUT2D eigenvalue weighted by Crippen LogP contribution is -2.29. The number of ketones is 1. The van der Waals surface area contributed by atoms with Gasteiger partial charge in [0.15, 0.2) is 23.9 Å². The number of Topliss-reactive ketones (excluding diaryl/α,β-unsaturated/α-hetero) is 1. The number of nitro groups is 1. The largest absolute Gasteiger partial charge is 0.872 e. The molecule has 10 nitrogen and oxygen atoms in total. The molecule has 2 aromatic carbocycles. The number of nitrogens with zero attached hydrogens (tertiary/aromatic N) is 2. The molecule has 0 aliphatic carbocycles. The maximum absolute atomic E-state index is 13.6. The van der Waals surface area contributed by atoms with Gasteiger partial charge in [-0.2, -0.15) is 0 Å². The number of aromatic amines is 1. The smallest absolute Gasteiger partial charge is 0.295 e. The molecule has 0 spiro atoms. The predicted octanol–water partition coefficient (Wildman–Crippen LogP) is 1.85.